The summed E-state index contributed by atoms with van der Waals surface area (Å²) in [5.74, 6) is 0.668. The topological polar surface area (TPSA) is 106 Å². The van der Waals surface area contributed by atoms with Crippen LogP contribution in [0, 0.1) is 0 Å². The van der Waals surface area contributed by atoms with Gasteiger partial charge in [-0.1, -0.05) is 12.1 Å². The normalized spacial score (nSPS) is 12.2. The number of rotatable bonds is 7. The molecule has 1 aliphatic heterocycles. The molecular formula is C22H25N3O5. The lowest BCUT2D eigenvalue weighted by Crippen LogP contribution is -2.34. The molecule has 8 nitrogen and oxygen atoms in total. The van der Waals surface area contributed by atoms with E-state index in [4.69, 9.17) is 9.47 Å². The number of urea groups is 1. The average Bonchev–Trinajstić information content (AvgIpc) is 2.72. The van der Waals surface area contributed by atoms with Crippen LogP contribution >= 0.6 is 0 Å². The lowest BCUT2D eigenvalue weighted by atomic mass is 10.1. The summed E-state index contributed by atoms with van der Waals surface area (Å²) in [5, 5.41) is 8.18. The number of benzene rings is 2. The van der Waals surface area contributed by atoms with E-state index in [1.54, 1.807) is 42.5 Å². The van der Waals surface area contributed by atoms with Gasteiger partial charge in [0.25, 0.3) is 0 Å². The van der Waals surface area contributed by atoms with Gasteiger partial charge in [-0.05, 0) is 44.2 Å². The highest BCUT2D eigenvalue weighted by Crippen LogP contribution is 2.31. The fourth-order valence-corrected chi connectivity index (χ4v) is 2.92. The van der Waals surface area contributed by atoms with Crippen LogP contribution in [0.4, 0.5) is 16.2 Å². The van der Waals surface area contributed by atoms with Crippen LogP contribution in [-0.4, -0.2) is 37.0 Å². The van der Waals surface area contributed by atoms with E-state index >= 15 is 0 Å². The Morgan fingerprint density at radius 2 is 1.57 bits per heavy atom. The number of ether oxygens (including phenoxy) is 2. The standard InChI is InChI=1S/C22H25N3O5/c1-14(2)23-22(28)25-17-6-4-3-5-16(17)24-21(27)10-8-18(26)15-7-9-19-20(13-15)30-12-11-29-19/h3-7,9,13-14H,8,10-12H2,1-2H3,(H,24,27)(H2,23,25,28). The number of Topliss-reactive ketones (excluding diaryl/α,β-unsaturated/α-hetero) is 1. The number of carbonyl (C=O) groups is 3. The molecule has 1 heterocycles. The number of carbonyl (C=O) groups excluding carboxylic acids is 3. The predicted octanol–water partition coefficient (Wildman–Crippen LogP) is 3.59. The third-order valence-electron chi connectivity index (χ3n) is 4.31. The Hall–Kier alpha value is -3.55. The van der Waals surface area contributed by atoms with Crippen molar-refractivity contribution in [1.29, 1.82) is 0 Å². The molecule has 3 amide bonds. The van der Waals surface area contributed by atoms with Gasteiger partial charge in [-0.2, -0.15) is 0 Å². The molecule has 3 N–H and O–H groups in total. The lowest BCUT2D eigenvalue weighted by molar-refractivity contribution is -0.116. The van der Waals surface area contributed by atoms with Crippen molar-refractivity contribution < 1.29 is 23.9 Å². The molecule has 158 valence electrons. The second-order valence-corrected chi connectivity index (χ2v) is 7.13. The number of nitrogens with one attached hydrogen (secondary N) is 3. The summed E-state index contributed by atoms with van der Waals surface area (Å²) in [4.78, 5) is 36.8. The fraction of sp³-hybridized carbons (Fsp3) is 0.318. The largest absolute Gasteiger partial charge is 0.486 e. The second kappa shape index (κ2) is 9.78. The van der Waals surface area contributed by atoms with E-state index in [0.717, 1.165) is 0 Å². The summed E-state index contributed by atoms with van der Waals surface area (Å²) >= 11 is 0. The van der Waals surface area contributed by atoms with Crippen molar-refractivity contribution in [1.82, 2.24) is 5.32 Å². The molecule has 0 aliphatic carbocycles. The van der Waals surface area contributed by atoms with Crippen LogP contribution in [0.2, 0.25) is 0 Å². The summed E-state index contributed by atoms with van der Waals surface area (Å²) in [6.45, 7) is 4.63. The zero-order chi connectivity index (χ0) is 21.5. The SMILES string of the molecule is CC(C)NC(=O)Nc1ccccc1NC(=O)CCC(=O)c1ccc2c(c1)OCCO2. The minimum absolute atomic E-state index is 0.0137. The molecule has 0 aromatic heterocycles. The number of hydrogen-bond donors (Lipinski definition) is 3. The minimum Gasteiger partial charge on any atom is -0.486 e. The quantitative estimate of drug-likeness (QED) is 0.604. The van der Waals surface area contributed by atoms with Gasteiger partial charge in [0.2, 0.25) is 5.91 Å². The predicted molar refractivity (Wildman–Crippen MR) is 113 cm³/mol. The van der Waals surface area contributed by atoms with E-state index in [-0.39, 0.29) is 36.6 Å². The minimum atomic E-state index is -0.361. The Kier molecular flexibility index (Phi) is 6.90. The molecule has 1 aliphatic rings. The van der Waals surface area contributed by atoms with Crippen molar-refractivity contribution >= 4 is 29.1 Å². The molecule has 30 heavy (non-hydrogen) atoms. The smallest absolute Gasteiger partial charge is 0.319 e. The maximum Gasteiger partial charge on any atom is 0.319 e. The van der Waals surface area contributed by atoms with Crippen LogP contribution in [-0.2, 0) is 4.79 Å². The number of anilines is 2. The Labute approximate surface area is 174 Å². The van der Waals surface area contributed by atoms with E-state index in [0.29, 0.717) is 41.7 Å². The molecule has 0 atom stereocenters. The Balaban J connectivity index is 1.56. The summed E-state index contributed by atoms with van der Waals surface area (Å²) in [7, 11) is 0. The molecule has 8 heteroatoms. The number of para-hydroxylation sites is 2. The van der Waals surface area contributed by atoms with Gasteiger partial charge in [0.1, 0.15) is 13.2 Å². The van der Waals surface area contributed by atoms with Crippen LogP contribution in [0.1, 0.15) is 37.0 Å². The van der Waals surface area contributed by atoms with Gasteiger partial charge in [-0.25, -0.2) is 4.79 Å². The maximum atomic E-state index is 12.5. The van der Waals surface area contributed by atoms with Crippen molar-refractivity contribution in [3.8, 4) is 11.5 Å². The fourth-order valence-electron chi connectivity index (χ4n) is 2.92. The van der Waals surface area contributed by atoms with Crippen molar-refractivity contribution in [2.24, 2.45) is 0 Å². The summed E-state index contributed by atoms with van der Waals surface area (Å²) < 4.78 is 10.9. The zero-order valence-electron chi connectivity index (χ0n) is 17.0. The first kappa shape index (κ1) is 21.2. The van der Waals surface area contributed by atoms with Gasteiger partial charge in [0.15, 0.2) is 17.3 Å². The molecule has 0 radical (unpaired) electrons. The molecule has 2 aromatic carbocycles. The van der Waals surface area contributed by atoms with Crippen LogP contribution < -0.4 is 25.4 Å². The van der Waals surface area contributed by atoms with Crippen LogP contribution in [0.15, 0.2) is 42.5 Å². The number of ketones is 1. The van der Waals surface area contributed by atoms with E-state index in [1.165, 1.54) is 0 Å². The maximum absolute atomic E-state index is 12.5. The lowest BCUT2D eigenvalue weighted by Gasteiger charge is -2.18. The zero-order valence-corrected chi connectivity index (χ0v) is 17.0. The van der Waals surface area contributed by atoms with Crippen LogP contribution in [0.25, 0.3) is 0 Å². The van der Waals surface area contributed by atoms with E-state index in [1.807, 2.05) is 13.8 Å². The monoisotopic (exact) mass is 411 g/mol. The Morgan fingerprint density at radius 1 is 0.900 bits per heavy atom. The van der Waals surface area contributed by atoms with E-state index in [9.17, 15) is 14.4 Å². The Morgan fingerprint density at radius 3 is 2.27 bits per heavy atom. The third kappa shape index (κ3) is 5.73. The highest BCUT2D eigenvalue weighted by molar-refractivity contribution is 6.02. The first-order valence-electron chi connectivity index (χ1n) is 9.81. The molecule has 0 unspecified atom stereocenters. The average molecular weight is 411 g/mol. The highest BCUT2D eigenvalue weighted by Gasteiger charge is 2.16. The van der Waals surface area contributed by atoms with Crippen LogP contribution in [0.5, 0.6) is 11.5 Å². The van der Waals surface area contributed by atoms with Gasteiger partial charge in [-0.3, -0.25) is 9.59 Å². The molecule has 0 spiro atoms. The van der Waals surface area contributed by atoms with Crippen molar-refractivity contribution in [3.63, 3.8) is 0 Å². The first-order valence-corrected chi connectivity index (χ1v) is 9.81. The number of hydrogen-bond acceptors (Lipinski definition) is 5. The summed E-state index contributed by atoms with van der Waals surface area (Å²) in [6, 6.07) is 11.5. The summed E-state index contributed by atoms with van der Waals surface area (Å²) in [6.07, 6.45) is 0.0642. The molecule has 0 saturated carbocycles. The molecular weight excluding hydrogens is 386 g/mol. The Bertz CT molecular complexity index is 942. The first-order chi connectivity index (χ1) is 14.4. The molecule has 0 bridgehead atoms. The van der Waals surface area contributed by atoms with Crippen LogP contribution in [0.3, 0.4) is 0 Å². The molecule has 3 rings (SSSR count). The number of amides is 3. The van der Waals surface area contributed by atoms with Crippen molar-refractivity contribution in [2.75, 3.05) is 23.8 Å². The number of fused-ring (bicyclic) bond motifs is 1. The van der Waals surface area contributed by atoms with E-state index < -0.39 is 0 Å². The van der Waals surface area contributed by atoms with Crippen molar-refractivity contribution in [3.05, 3.63) is 48.0 Å². The van der Waals surface area contributed by atoms with E-state index in [2.05, 4.69) is 16.0 Å². The highest BCUT2D eigenvalue weighted by atomic mass is 16.6. The molecule has 0 fully saturated rings. The molecule has 0 saturated heterocycles. The van der Waals surface area contributed by atoms with Gasteiger partial charge in [-0.15, -0.1) is 0 Å². The summed E-state index contributed by atoms with van der Waals surface area (Å²) in [5.41, 5.74) is 1.41. The van der Waals surface area contributed by atoms with Gasteiger partial charge in [0.05, 0.1) is 11.4 Å². The van der Waals surface area contributed by atoms with Gasteiger partial charge < -0.3 is 25.4 Å². The van der Waals surface area contributed by atoms with Crippen molar-refractivity contribution in [2.45, 2.75) is 32.7 Å². The van der Waals surface area contributed by atoms with Gasteiger partial charge in [0, 0.05) is 24.4 Å². The second-order valence-electron chi connectivity index (χ2n) is 7.13. The molecule has 2 aromatic rings. The third-order valence-corrected chi connectivity index (χ3v) is 4.31. The van der Waals surface area contributed by atoms with Gasteiger partial charge >= 0.3 is 6.03 Å².